The van der Waals surface area contributed by atoms with Crippen molar-refractivity contribution in [1.29, 1.82) is 0 Å². The summed E-state index contributed by atoms with van der Waals surface area (Å²) in [6, 6.07) is 0. The van der Waals surface area contributed by atoms with Gasteiger partial charge in [0, 0.05) is 0 Å². The van der Waals surface area contributed by atoms with Crippen molar-refractivity contribution in [3.63, 3.8) is 0 Å². The largest absolute Gasteiger partial charge is 0.394 e. The van der Waals surface area contributed by atoms with Crippen LogP contribution in [-0.4, -0.2) is 91.6 Å². The van der Waals surface area contributed by atoms with E-state index in [1.165, 1.54) is 109 Å². The van der Waals surface area contributed by atoms with Gasteiger partial charge in [0.15, 0.2) is 0 Å². The highest BCUT2D eigenvalue weighted by Crippen LogP contribution is 2.22. The van der Waals surface area contributed by atoms with Crippen LogP contribution in [-0.2, 0) is 38.7 Å². The van der Waals surface area contributed by atoms with Gasteiger partial charge in [-0.3, -0.25) is 0 Å². The van der Waals surface area contributed by atoms with Crippen molar-refractivity contribution in [2.24, 2.45) is 5.92 Å². The molecule has 0 aliphatic rings. The highest BCUT2D eigenvalue weighted by molar-refractivity contribution is 5.75. The molecule has 0 heterocycles. The number of carbonyl (C=O) groups excluding carboxylic acids is 4. The second-order valence-corrected chi connectivity index (χ2v) is 16.0. The molecule has 2 unspecified atom stereocenters. The smallest absolute Gasteiger partial charge is 0.361 e. The maximum absolute atomic E-state index is 12.9. The summed E-state index contributed by atoms with van der Waals surface area (Å²) in [5.74, 6) is -5.44. The summed E-state index contributed by atoms with van der Waals surface area (Å²) >= 11 is 0. The second-order valence-electron chi connectivity index (χ2n) is 16.0. The van der Waals surface area contributed by atoms with Crippen LogP contribution in [0.25, 0.3) is 0 Å². The van der Waals surface area contributed by atoms with Crippen LogP contribution in [0.15, 0.2) is 0 Å². The Morgan fingerprint density at radius 2 is 0.672 bits per heavy atom. The third kappa shape index (κ3) is 30.6. The molecule has 0 aromatic rings. The minimum Gasteiger partial charge on any atom is -0.394 e. The van der Waals surface area contributed by atoms with Crippen LogP contribution in [0.2, 0.25) is 0 Å². The highest BCUT2D eigenvalue weighted by atomic mass is 17.2. The SMILES string of the molecule is CCCCCCCCCCCCCCCC(=O)OOC(=O)CCCC(C(=O)OOC(=O)CCCCCCCCCCCCCCC)C(O)[C@@H](O)[C@@H](O)[C@H](O)[C@@H](O)CO. The number of carbonyl (C=O) groups is 4. The van der Waals surface area contributed by atoms with Crippen molar-refractivity contribution in [3.8, 4) is 0 Å². The van der Waals surface area contributed by atoms with Crippen molar-refractivity contribution < 1.29 is 69.4 Å². The number of hydrogen-bond donors (Lipinski definition) is 6. The van der Waals surface area contributed by atoms with Gasteiger partial charge < -0.3 is 30.6 Å². The molecule has 0 spiro atoms. The van der Waals surface area contributed by atoms with Gasteiger partial charge in [-0.05, 0) is 25.7 Å². The van der Waals surface area contributed by atoms with Gasteiger partial charge in [0.25, 0.3) is 0 Å². The molecule has 0 aromatic carbocycles. The first kappa shape index (κ1) is 55.6. The molecular formula is C44H82O14. The van der Waals surface area contributed by atoms with E-state index in [1.54, 1.807) is 0 Å². The summed E-state index contributed by atoms with van der Waals surface area (Å²) in [6.45, 7) is 3.47. The average Bonchev–Trinajstić information content (AvgIpc) is 3.22. The van der Waals surface area contributed by atoms with E-state index in [-0.39, 0.29) is 32.1 Å². The second kappa shape index (κ2) is 38.8. The third-order valence-corrected chi connectivity index (χ3v) is 10.7. The van der Waals surface area contributed by atoms with Crippen LogP contribution in [0.5, 0.6) is 0 Å². The summed E-state index contributed by atoms with van der Waals surface area (Å²) in [5.41, 5.74) is 0. The normalized spacial score (nSPS) is 14.6. The third-order valence-electron chi connectivity index (χ3n) is 10.7. The molecule has 0 aliphatic heterocycles. The van der Waals surface area contributed by atoms with Gasteiger partial charge in [0.2, 0.25) is 0 Å². The quantitative estimate of drug-likeness (QED) is 0.0200. The number of unbranched alkanes of at least 4 members (excludes halogenated alkanes) is 24. The molecule has 0 aromatic heterocycles. The number of hydrogen-bond acceptors (Lipinski definition) is 14. The zero-order chi connectivity index (χ0) is 43.2. The molecule has 0 aliphatic carbocycles. The zero-order valence-corrected chi connectivity index (χ0v) is 36.0. The van der Waals surface area contributed by atoms with Gasteiger partial charge in [-0.2, -0.15) is 0 Å². The van der Waals surface area contributed by atoms with Crippen molar-refractivity contribution in [2.75, 3.05) is 6.61 Å². The number of rotatable bonds is 39. The van der Waals surface area contributed by atoms with E-state index in [4.69, 9.17) is 5.11 Å². The monoisotopic (exact) mass is 835 g/mol. The summed E-state index contributed by atoms with van der Waals surface area (Å²) in [5, 5.41) is 60.3. The van der Waals surface area contributed by atoms with Gasteiger partial charge in [0.1, 0.15) is 24.4 Å². The Balaban J connectivity index is 4.60. The molecule has 0 fully saturated rings. The Kier molecular flexibility index (Phi) is 37.2. The molecule has 6 N–H and O–H groups in total. The lowest BCUT2D eigenvalue weighted by Crippen LogP contribution is -2.52. The van der Waals surface area contributed by atoms with Crippen molar-refractivity contribution in [3.05, 3.63) is 0 Å². The van der Waals surface area contributed by atoms with E-state index in [0.29, 0.717) is 12.8 Å². The molecule has 0 rings (SSSR count). The molecule has 14 nitrogen and oxygen atoms in total. The molecule has 0 bridgehead atoms. The van der Waals surface area contributed by atoms with Gasteiger partial charge in [-0.15, -0.1) is 0 Å². The van der Waals surface area contributed by atoms with Crippen LogP contribution in [0, 0.1) is 5.92 Å². The van der Waals surface area contributed by atoms with Crippen LogP contribution >= 0.6 is 0 Å². The fourth-order valence-electron chi connectivity index (χ4n) is 6.81. The number of aliphatic hydroxyl groups excluding tert-OH is 6. The Bertz CT molecular complexity index is 1010. The van der Waals surface area contributed by atoms with E-state index in [0.717, 1.165) is 44.9 Å². The maximum atomic E-state index is 12.9. The van der Waals surface area contributed by atoms with Gasteiger partial charge in [0.05, 0.1) is 37.9 Å². The van der Waals surface area contributed by atoms with E-state index in [1.807, 2.05) is 0 Å². The van der Waals surface area contributed by atoms with Crippen molar-refractivity contribution in [1.82, 2.24) is 0 Å². The molecule has 0 amide bonds. The van der Waals surface area contributed by atoms with Crippen LogP contribution in [0.3, 0.4) is 0 Å². The molecule has 14 heteroatoms. The molecular weight excluding hydrogens is 752 g/mol. The minimum absolute atomic E-state index is 0.0191. The molecule has 0 radical (unpaired) electrons. The lowest BCUT2D eigenvalue weighted by Gasteiger charge is -2.31. The van der Waals surface area contributed by atoms with E-state index in [2.05, 4.69) is 33.4 Å². The summed E-state index contributed by atoms with van der Waals surface area (Å²) in [7, 11) is 0. The average molecular weight is 835 g/mol. The Morgan fingerprint density at radius 3 is 1.02 bits per heavy atom. The Labute approximate surface area is 348 Å². The summed E-state index contributed by atoms with van der Waals surface area (Å²) in [4.78, 5) is 68.0. The Hall–Kier alpha value is -2.36. The first-order valence-electron chi connectivity index (χ1n) is 22.8. The first-order chi connectivity index (χ1) is 28.0. The van der Waals surface area contributed by atoms with Crippen LogP contribution in [0.4, 0.5) is 0 Å². The fourth-order valence-corrected chi connectivity index (χ4v) is 6.81. The van der Waals surface area contributed by atoms with Gasteiger partial charge in [-0.25, -0.2) is 38.7 Å². The lowest BCUT2D eigenvalue weighted by molar-refractivity contribution is -0.266. The van der Waals surface area contributed by atoms with E-state index >= 15 is 0 Å². The molecule has 58 heavy (non-hydrogen) atoms. The minimum atomic E-state index is -2.23. The topological polar surface area (TPSA) is 227 Å². The highest BCUT2D eigenvalue weighted by Gasteiger charge is 2.41. The van der Waals surface area contributed by atoms with E-state index in [9.17, 15) is 44.7 Å². The van der Waals surface area contributed by atoms with Crippen LogP contribution in [0.1, 0.15) is 213 Å². The van der Waals surface area contributed by atoms with Crippen molar-refractivity contribution in [2.45, 2.75) is 243 Å². The van der Waals surface area contributed by atoms with Gasteiger partial charge in [-0.1, -0.05) is 168 Å². The van der Waals surface area contributed by atoms with E-state index < -0.39 is 66.9 Å². The van der Waals surface area contributed by atoms with Crippen LogP contribution < -0.4 is 0 Å². The molecule has 6 atom stereocenters. The fraction of sp³-hybridized carbons (Fsp3) is 0.909. The van der Waals surface area contributed by atoms with Crippen molar-refractivity contribution >= 4 is 23.9 Å². The lowest BCUT2D eigenvalue weighted by atomic mass is 9.88. The predicted octanol–water partition coefficient (Wildman–Crippen LogP) is 7.54. The standard InChI is InChI=1S/C44H82O14/c1-3-5-7-9-11-13-15-17-19-21-23-25-27-31-37(47)55-56-39(49)33-29-30-35(40(50)42(52)43(53)41(51)36(46)34-45)44(54)58-57-38(48)32-28-26-24-22-20-18-16-14-12-10-8-6-4-2/h35-36,40-43,45-46,50-53H,3-34H2,1-2H3/t35?,36-,40?,41+,42+,43-/m0/s1. The summed E-state index contributed by atoms with van der Waals surface area (Å²) in [6.07, 6.45) is 18.3. The Morgan fingerprint density at radius 1 is 0.379 bits per heavy atom. The molecule has 342 valence electrons. The summed E-state index contributed by atoms with van der Waals surface area (Å²) < 4.78 is 0. The zero-order valence-electron chi connectivity index (χ0n) is 36.0. The molecule has 0 saturated carbocycles. The maximum Gasteiger partial charge on any atom is 0.361 e. The first-order valence-corrected chi connectivity index (χ1v) is 22.8. The van der Waals surface area contributed by atoms with Gasteiger partial charge >= 0.3 is 23.9 Å². The predicted molar refractivity (Wildman–Crippen MR) is 219 cm³/mol. The number of aliphatic hydroxyl groups is 6. The molecule has 0 saturated heterocycles.